The Morgan fingerprint density at radius 1 is 1.17 bits per heavy atom. The van der Waals surface area contributed by atoms with Gasteiger partial charge in [0.15, 0.2) is 5.69 Å². The van der Waals surface area contributed by atoms with Gasteiger partial charge in [0.25, 0.3) is 5.91 Å². The molecule has 0 aliphatic heterocycles. The molecule has 3 rings (SSSR count). The van der Waals surface area contributed by atoms with Crippen molar-refractivity contribution < 1.29 is 27.5 Å². The Morgan fingerprint density at radius 3 is 2.47 bits per heavy atom. The summed E-state index contributed by atoms with van der Waals surface area (Å²) < 4.78 is 46.6. The van der Waals surface area contributed by atoms with E-state index < -0.39 is 29.3 Å². The molecule has 0 spiro atoms. The molecule has 0 unspecified atom stereocenters. The molecule has 0 saturated heterocycles. The fourth-order valence-electron chi connectivity index (χ4n) is 2.69. The van der Waals surface area contributed by atoms with Gasteiger partial charge in [0.1, 0.15) is 0 Å². The Hall–Kier alpha value is -3.33. The SMILES string of the molecule is CCOC(=O)c1ccc(NC(=O)c2cnn(-c3cccc(Cl)c3)c2C(F)(F)F)cc1. The molecule has 0 fully saturated rings. The monoisotopic (exact) mass is 437 g/mol. The van der Waals surface area contributed by atoms with Crippen molar-refractivity contribution in [1.29, 1.82) is 0 Å². The van der Waals surface area contributed by atoms with E-state index in [9.17, 15) is 22.8 Å². The summed E-state index contributed by atoms with van der Waals surface area (Å²) in [7, 11) is 0. The van der Waals surface area contributed by atoms with Crippen molar-refractivity contribution in [2.45, 2.75) is 13.1 Å². The quantitative estimate of drug-likeness (QED) is 0.572. The second-order valence-corrected chi connectivity index (χ2v) is 6.48. The molecular weight excluding hydrogens is 423 g/mol. The van der Waals surface area contributed by atoms with E-state index in [4.69, 9.17) is 16.3 Å². The van der Waals surface area contributed by atoms with Gasteiger partial charge < -0.3 is 10.1 Å². The molecule has 30 heavy (non-hydrogen) atoms. The third kappa shape index (κ3) is 4.62. The van der Waals surface area contributed by atoms with Gasteiger partial charge in [0, 0.05) is 10.7 Å². The third-order valence-corrected chi connectivity index (χ3v) is 4.22. The molecule has 0 aliphatic carbocycles. The zero-order chi connectivity index (χ0) is 21.9. The highest BCUT2D eigenvalue weighted by molar-refractivity contribution is 6.30. The van der Waals surface area contributed by atoms with Crippen LogP contribution in [-0.4, -0.2) is 28.3 Å². The number of ether oxygens (including phenoxy) is 1. The maximum absolute atomic E-state index is 13.7. The minimum absolute atomic E-state index is 0.0627. The summed E-state index contributed by atoms with van der Waals surface area (Å²) in [5, 5.41) is 6.33. The summed E-state index contributed by atoms with van der Waals surface area (Å²) >= 11 is 5.86. The van der Waals surface area contributed by atoms with Crippen LogP contribution in [0.5, 0.6) is 0 Å². The lowest BCUT2D eigenvalue weighted by molar-refractivity contribution is -0.143. The molecule has 1 amide bonds. The second-order valence-electron chi connectivity index (χ2n) is 6.05. The summed E-state index contributed by atoms with van der Waals surface area (Å²) in [6.45, 7) is 1.86. The van der Waals surface area contributed by atoms with Crippen molar-refractivity contribution in [3.63, 3.8) is 0 Å². The predicted molar refractivity (Wildman–Crippen MR) is 104 cm³/mol. The third-order valence-electron chi connectivity index (χ3n) is 3.99. The smallest absolute Gasteiger partial charge is 0.434 e. The van der Waals surface area contributed by atoms with Crippen LogP contribution in [0.25, 0.3) is 5.69 Å². The van der Waals surface area contributed by atoms with E-state index in [1.54, 1.807) is 6.92 Å². The van der Waals surface area contributed by atoms with Gasteiger partial charge in [-0.3, -0.25) is 4.79 Å². The molecule has 0 saturated carbocycles. The van der Waals surface area contributed by atoms with Crippen molar-refractivity contribution in [3.05, 3.63) is 76.6 Å². The highest BCUT2D eigenvalue weighted by atomic mass is 35.5. The van der Waals surface area contributed by atoms with Gasteiger partial charge in [0.2, 0.25) is 0 Å². The fourth-order valence-corrected chi connectivity index (χ4v) is 2.88. The Labute approximate surface area is 174 Å². The van der Waals surface area contributed by atoms with Crippen molar-refractivity contribution >= 4 is 29.2 Å². The van der Waals surface area contributed by atoms with Gasteiger partial charge in [-0.2, -0.15) is 18.3 Å². The van der Waals surface area contributed by atoms with Crippen LogP contribution in [0.4, 0.5) is 18.9 Å². The molecule has 0 atom stereocenters. The molecule has 1 N–H and O–H groups in total. The first-order valence-electron chi connectivity index (χ1n) is 8.70. The number of carbonyl (C=O) groups excluding carboxylic acids is 2. The number of nitrogens with one attached hydrogen (secondary N) is 1. The van der Waals surface area contributed by atoms with Gasteiger partial charge >= 0.3 is 12.1 Å². The second kappa shape index (κ2) is 8.58. The van der Waals surface area contributed by atoms with Crippen LogP contribution in [0.15, 0.2) is 54.7 Å². The first kappa shape index (κ1) is 21.4. The maximum Gasteiger partial charge on any atom is 0.434 e. The Balaban J connectivity index is 1.90. The standard InChI is InChI=1S/C20H15ClF3N3O3/c1-2-30-19(29)12-6-8-14(9-7-12)26-18(28)16-11-25-27(17(16)20(22,23)24)15-5-3-4-13(21)10-15/h3-11H,2H2,1H3,(H,26,28). The number of carbonyl (C=O) groups is 2. The first-order valence-corrected chi connectivity index (χ1v) is 9.08. The lowest BCUT2D eigenvalue weighted by atomic mass is 10.2. The van der Waals surface area contributed by atoms with Gasteiger partial charge in [-0.25, -0.2) is 9.48 Å². The molecule has 0 radical (unpaired) electrons. The number of nitrogens with zero attached hydrogens (tertiary/aromatic N) is 2. The number of amides is 1. The van der Waals surface area contributed by atoms with Gasteiger partial charge in [-0.15, -0.1) is 0 Å². The fraction of sp³-hybridized carbons (Fsp3) is 0.150. The van der Waals surface area contributed by atoms with E-state index in [1.807, 2.05) is 0 Å². The number of halogens is 4. The van der Waals surface area contributed by atoms with E-state index >= 15 is 0 Å². The van der Waals surface area contributed by atoms with Crippen LogP contribution in [0.2, 0.25) is 5.02 Å². The topological polar surface area (TPSA) is 73.2 Å². The van der Waals surface area contributed by atoms with E-state index in [0.717, 1.165) is 6.20 Å². The lowest BCUT2D eigenvalue weighted by Crippen LogP contribution is -2.20. The number of hydrogen-bond acceptors (Lipinski definition) is 4. The van der Waals surface area contributed by atoms with Crippen molar-refractivity contribution in [3.8, 4) is 5.69 Å². The minimum Gasteiger partial charge on any atom is -0.462 e. The summed E-state index contributed by atoms with van der Waals surface area (Å²) in [6, 6.07) is 11.3. The maximum atomic E-state index is 13.7. The molecule has 10 heteroatoms. The Bertz CT molecular complexity index is 1080. The van der Waals surface area contributed by atoms with E-state index in [1.165, 1.54) is 48.5 Å². The number of hydrogen-bond donors (Lipinski definition) is 1. The molecule has 3 aromatic rings. The first-order chi connectivity index (χ1) is 14.2. The largest absolute Gasteiger partial charge is 0.462 e. The van der Waals surface area contributed by atoms with Crippen molar-refractivity contribution in [2.24, 2.45) is 0 Å². The minimum atomic E-state index is -4.85. The highest BCUT2D eigenvalue weighted by Gasteiger charge is 2.40. The van der Waals surface area contributed by atoms with Crippen LogP contribution in [0.1, 0.15) is 33.3 Å². The summed E-state index contributed by atoms with van der Waals surface area (Å²) in [5.74, 6) is -1.54. The molecular formula is C20H15ClF3N3O3. The van der Waals surface area contributed by atoms with Gasteiger partial charge in [-0.05, 0) is 49.4 Å². The summed E-state index contributed by atoms with van der Waals surface area (Å²) in [6.07, 6.45) is -4.01. The Kier molecular flexibility index (Phi) is 6.12. The van der Waals surface area contributed by atoms with Crippen LogP contribution < -0.4 is 5.32 Å². The number of esters is 1. The molecule has 1 heterocycles. The normalized spacial score (nSPS) is 11.2. The van der Waals surface area contributed by atoms with Gasteiger partial charge in [-0.1, -0.05) is 17.7 Å². The van der Waals surface area contributed by atoms with Crippen LogP contribution in [-0.2, 0) is 10.9 Å². The number of rotatable bonds is 5. The van der Waals surface area contributed by atoms with Crippen molar-refractivity contribution in [1.82, 2.24) is 9.78 Å². The summed E-state index contributed by atoms with van der Waals surface area (Å²) in [4.78, 5) is 24.2. The van der Waals surface area contributed by atoms with E-state index in [-0.39, 0.29) is 28.6 Å². The number of alkyl halides is 3. The zero-order valence-corrected chi connectivity index (χ0v) is 16.3. The molecule has 2 aromatic carbocycles. The number of benzene rings is 2. The van der Waals surface area contributed by atoms with E-state index in [0.29, 0.717) is 4.68 Å². The van der Waals surface area contributed by atoms with Gasteiger partial charge in [0.05, 0.1) is 29.6 Å². The van der Waals surface area contributed by atoms with Crippen LogP contribution in [0.3, 0.4) is 0 Å². The van der Waals surface area contributed by atoms with Crippen molar-refractivity contribution in [2.75, 3.05) is 11.9 Å². The average molecular weight is 438 g/mol. The van der Waals surface area contributed by atoms with Crippen LogP contribution in [0, 0.1) is 0 Å². The molecule has 6 nitrogen and oxygen atoms in total. The zero-order valence-electron chi connectivity index (χ0n) is 15.5. The predicted octanol–water partition coefficient (Wildman–Crippen LogP) is 4.97. The lowest BCUT2D eigenvalue weighted by Gasteiger charge is -2.13. The average Bonchev–Trinajstić information content (AvgIpc) is 3.15. The number of anilines is 1. The molecule has 156 valence electrons. The summed E-state index contributed by atoms with van der Waals surface area (Å²) in [5.41, 5.74) is -1.37. The van der Waals surface area contributed by atoms with E-state index in [2.05, 4.69) is 10.4 Å². The molecule has 0 bridgehead atoms. The molecule has 0 aliphatic rings. The molecule has 1 aromatic heterocycles. The van der Waals surface area contributed by atoms with Crippen LogP contribution >= 0.6 is 11.6 Å². The Morgan fingerprint density at radius 2 is 1.87 bits per heavy atom. The number of aromatic nitrogens is 2. The highest BCUT2D eigenvalue weighted by Crippen LogP contribution is 2.34.